The molecule has 0 aliphatic heterocycles. The van der Waals surface area contributed by atoms with Crippen molar-refractivity contribution in [2.45, 2.75) is 112 Å². The zero-order chi connectivity index (χ0) is 22.6. The minimum absolute atomic E-state index is 0.0484. The molecule has 4 aliphatic carbocycles. The lowest BCUT2D eigenvalue weighted by Crippen LogP contribution is -2.49. The summed E-state index contributed by atoms with van der Waals surface area (Å²) >= 11 is 0. The Labute approximate surface area is 193 Å². The van der Waals surface area contributed by atoms with E-state index in [1.54, 1.807) is 0 Å². The Morgan fingerprint density at radius 3 is 2.39 bits per heavy atom. The first kappa shape index (κ1) is 23.6. The van der Waals surface area contributed by atoms with Gasteiger partial charge >= 0.3 is 0 Å². The number of hydrogen-bond donors (Lipinski definition) is 1. The molecule has 3 fully saturated rings. The van der Waals surface area contributed by atoms with E-state index in [1.807, 2.05) is 5.57 Å². The summed E-state index contributed by atoms with van der Waals surface area (Å²) in [6, 6.07) is 0. The van der Waals surface area contributed by atoms with Gasteiger partial charge in [0.1, 0.15) is 0 Å². The molecule has 0 aromatic carbocycles. The maximum absolute atomic E-state index is 10.3. The SMILES string of the molecule is C=C(C(C)C)[C@@H](C)CC[C@@H](C)[C@H]1CC[C@H]2C3=CC[C@H]4C[C@@H](O)CC[C@]4(C)[C@H]3CC[C@]12C. The second-order valence-electron chi connectivity index (χ2n) is 13.1. The normalized spacial score (nSPS) is 44.1. The van der Waals surface area contributed by atoms with Crippen molar-refractivity contribution >= 4 is 0 Å². The molecule has 0 bridgehead atoms. The third-order valence-corrected chi connectivity index (χ3v) is 11.2. The highest BCUT2D eigenvalue weighted by atomic mass is 16.3. The first-order chi connectivity index (χ1) is 14.6. The van der Waals surface area contributed by atoms with E-state index >= 15 is 0 Å². The van der Waals surface area contributed by atoms with Crippen LogP contribution in [-0.2, 0) is 0 Å². The molecule has 0 saturated heterocycles. The van der Waals surface area contributed by atoms with E-state index in [-0.39, 0.29) is 6.10 Å². The van der Waals surface area contributed by atoms with Crippen LogP contribution in [0.5, 0.6) is 0 Å². The molecule has 0 aromatic rings. The Morgan fingerprint density at radius 1 is 1.00 bits per heavy atom. The van der Waals surface area contributed by atoms with Crippen LogP contribution in [0.4, 0.5) is 0 Å². The molecule has 1 heteroatoms. The second-order valence-corrected chi connectivity index (χ2v) is 13.1. The molecule has 1 nitrogen and oxygen atoms in total. The first-order valence-electron chi connectivity index (χ1n) is 13.6. The number of aliphatic hydroxyl groups excluding tert-OH is 1. The molecule has 0 unspecified atom stereocenters. The standard InChI is InChI=1S/C30H50O/c1-19(2)22(5)20(3)8-9-21(4)26-12-13-27-25-11-10-23-18-24(31)14-16-29(23,6)28(25)15-17-30(26,27)7/h11,19-21,23-24,26-28,31H,5,8-10,12-18H2,1-4,6-7H3/t20-,21+,23-,24-,26+,27-,28-,29-,30+/m0/s1. The lowest BCUT2D eigenvalue weighted by Gasteiger charge is -2.57. The quantitative estimate of drug-likeness (QED) is 0.424. The van der Waals surface area contributed by atoms with Crippen LogP contribution in [0.3, 0.4) is 0 Å². The fourth-order valence-corrected chi connectivity index (χ4v) is 8.93. The molecule has 0 spiro atoms. The van der Waals surface area contributed by atoms with Gasteiger partial charge in [-0.1, -0.05) is 65.3 Å². The van der Waals surface area contributed by atoms with E-state index in [4.69, 9.17) is 0 Å². The van der Waals surface area contributed by atoms with Crippen molar-refractivity contribution in [2.75, 3.05) is 0 Å². The molecule has 4 rings (SSSR count). The smallest absolute Gasteiger partial charge is 0.0543 e. The van der Waals surface area contributed by atoms with Gasteiger partial charge in [-0.15, -0.1) is 0 Å². The third-order valence-electron chi connectivity index (χ3n) is 11.2. The van der Waals surface area contributed by atoms with E-state index in [2.05, 4.69) is 54.2 Å². The lowest BCUT2D eigenvalue weighted by molar-refractivity contribution is -0.0428. The monoisotopic (exact) mass is 426 g/mol. The van der Waals surface area contributed by atoms with Crippen LogP contribution >= 0.6 is 0 Å². The number of allylic oxidation sites excluding steroid dienone is 3. The van der Waals surface area contributed by atoms with E-state index in [0.29, 0.717) is 28.6 Å². The summed E-state index contributed by atoms with van der Waals surface area (Å²) in [6.07, 6.45) is 15.5. The van der Waals surface area contributed by atoms with Gasteiger partial charge < -0.3 is 5.11 Å². The van der Waals surface area contributed by atoms with Gasteiger partial charge in [-0.05, 0) is 116 Å². The molecular formula is C30H50O. The predicted molar refractivity (Wildman–Crippen MR) is 133 cm³/mol. The average Bonchev–Trinajstić information content (AvgIpc) is 3.09. The third kappa shape index (κ3) is 4.00. The van der Waals surface area contributed by atoms with Gasteiger partial charge in [-0.2, -0.15) is 0 Å². The summed E-state index contributed by atoms with van der Waals surface area (Å²) in [6.45, 7) is 19.2. The Kier molecular flexibility index (Phi) is 6.59. The Hall–Kier alpha value is -0.560. The summed E-state index contributed by atoms with van der Waals surface area (Å²) in [5.41, 5.74) is 4.26. The van der Waals surface area contributed by atoms with Gasteiger partial charge in [0.05, 0.1) is 6.10 Å². The molecule has 4 aliphatic rings. The zero-order valence-electron chi connectivity index (χ0n) is 21.4. The summed E-state index contributed by atoms with van der Waals surface area (Å²) < 4.78 is 0. The van der Waals surface area contributed by atoms with E-state index < -0.39 is 0 Å². The molecule has 9 atom stereocenters. The van der Waals surface area contributed by atoms with Gasteiger partial charge in [0, 0.05) is 0 Å². The van der Waals surface area contributed by atoms with Crippen LogP contribution in [0.15, 0.2) is 23.8 Å². The highest BCUT2D eigenvalue weighted by Crippen LogP contribution is 2.67. The van der Waals surface area contributed by atoms with Crippen molar-refractivity contribution in [3.05, 3.63) is 23.8 Å². The fraction of sp³-hybridized carbons (Fsp3) is 0.867. The van der Waals surface area contributed by atoms with Crippen LogP contribution in [-0.4, -0.2) is 11.2 Å². The van der Waals surface area contributed by atoms with Crippen molar-refractivity contribution < 1.29 is 5.11 Å². The minimum Gasteiger partial charge on any atom is -0.393 e. The number of rotatable bonds is 6. The van der Waals surface area contributed by atoms with Gasteiger partial charge in [0.25, 0.3) is 0 Å². The van der Waals surface area contributed by atoms with Crippen LogP contribution in [0, 0.1) is 52.3 Å². The van der Waals surface area contributed by atoms with Crippen molar-refractivity contribution in [3.8, 4) is 0 Å². The highest BCUT2D eigenvalue weighted by Gasteiger charge is 2.58. The molecule has 31 heavy (non-hydrogen) atoms. The van der Waals surface area contributed by atoms with E-state index in [0.717, 1.165) is 36.5 Å². The zero-order valence-corrected chi connectivity index (χ0v) is 21.4. The highest BCUT2D eigenvalue weighted by molar-refractivity contribution is 5.27. The summed E-state index contributed by atoms with van der Waals surface area (Å²) in [5, 5.41) is 10.3. The summed E-state index contributed by atoms with van der Waals surface area (Å²) in [4.78, 5) is 0. The summed E-state index contributed by atoms with van der Waals surface area (Å²) in [5.74, 6) is 5.30. The first-order valence-corrected chi connectivity index (χ1v) is 13.6. The maximum atomic E-state index is 10.3. The van der Waals surface area contributed by atoms with Crippen molar-refractivity contribution in [2.24, 2.45) is 52.3 Å². The van der Waals surface area contributed by atoms with Crippen LogP contribution in [0.1, 0.15) is 106 Å². The minimum atomic E-state index is -0.0484. The van der Waals surface area contributed by atoms with Gasteiger partial charge in [-0.25, -0.2) is 0 Å². The van der Waals surface area contributed by atoms with Crippen molar-refractivity contribution in [3.63, 3.8) is 0 Å². The molecular weight excluding hydrogens is 376 g/mol. The molecule has 3 saturated carbocycles. The molecule has 176 valence electrons. The van der Waals surface area contributed by atoms with Crippen LogP contribution in [0.25, 0.3) is 0 Å². The van der Waals surface area contributed by atoms with Gasteiger partial charge in [-0.3, -0.25) is 0 Å². The fourth-order valence-electron chi connectivity index (χ4n) is 8.93. The molecule has 1 N–H and O–H groups in total. The molecule has 0 aromatic heterocycles. The second kappa shape index (κ2) is 8.66. The van der Waals surface area contributed by atoms with Crippen molar-refractivity contribution in [1.82, 2.24) is 0 Å². The average molecular weight is 427 g/mol. The van der Waals surface area contributed by atoms with Crippen LogP contribution < -0.4 is 0 Å². The Bertz CT molecular complexity index is 703. The number of fused-ring (bicyclic) bond motifs is 5. The number of aliphatic hydroxyl groups is 1. The lowest BCUT2D eigenvalue weighted by atomic mass is 9.47. The van der Waals surface area contributed by atoms with Crippen molar-refractivity contribution in [1.29, 1.82) is 0 Å². The maximum Gasteiger partial charge on any atom is 0.0543 e. The molecule has 0 heterocycles. The summed E-state index contributed by atoms with van der Waals surface area (Å²) in [7, 11) is 0. The molecule has 0 amide bonds. The van der Waals surface area contributed by atoms with Crippen LogP contribution in [0.2, 0.25) is 0 Å². The van der Waals surface area contributed by atoms with Gasteiger partial charge in [0.15, 0.2) is 0 Å². The topological polar surface area (TPSA) is 20.2 Å². The van der Waals surface area contributed by atoms with E-state index in [1.165, 1.54) is 56.9 Å². The van der Waals surface area contributed by atoms with E-state index in [9.17, 15) is 5.11 Å². The molecule has 0 radical (unpaired) electrons. The van der Waals surface area contributed by atoms with Gasteiger partial charge in [0.2, 0.25) is 0 Å². The number of hydrogen-bond acceptors (Lipinski definition) is 1. The predicted octanol–water partition coefficient (Wildman–Crippen LogP) is 8.19. The Morgan fingerprint density at radius 2 is 1.68 bits per heavy atom. The Balaban J connectivity index is 1.46. The largest absolute Gasteiger partial charge is 0.393 e.